The van der Waals surface area contributed by atoms with Crippen LogP contribution in [-0.4, -0.2) is 5.11 Å². The van der Waals surface area contributed by atoms with Gasteiger partial charge in [0.05, 0.1) is 0 Å². The summed E-state index contributed by atoms with van der Waals surface area (Å²) in [6, 6.07) is 10.2. The van der Waals surface area contributed by atoms with Crippen molar-refractivity contribution in [3.63, 3.8) is 0 Å². The van der Waals surface area contributed by atoms with Gasteiger partial charge < -0.3 is 5.11 Å². The number of hydrogen-bond donors (Lipinski definition) is 1. The van der Waals surface area contributed by atoms with E-state index in [1.54, 1.807) is 0 Å². The molecule has 0 aliphatic carbocycles. The van der Waals surface area contributed by atoms with E-state index in [4.69, 9.17) is 0 Å². The molecule has 0 atom stereocenters. The largest absolute Gasteiger partial charge is 0.508 e. The summed E-state index contributed by atoms with van der Waals surface area (Å²) in [4.78, 5) is 0. The van der Waals surface area contributed by atoms with Crippen molar-refractivity contribution in [2.45, 2.75) is 33.1 Å². The van der Waals surface area contributed by atoms with Crippen LogP contribution in [-0.2, 0) is 5.41 Å². The monoisotopic (exact) mass is 214 g/mol. The van der Waals surface area contributed by atoms with Crippen LogP contribution in [0.1, 0.15) is 31.9 Å². The number of aryl methyl sites for hydroxylation is 1. The van der Waals surface area contributed by atoms with Crippen molar-refractivity contribution in [2.24, 2.45) is 0 Å². The number of benzene rings is 2. The summed E-state index contributed by atoms with van der Waals surface area (Å²) in [6.45, 7) is 8.47. The number of aromatic hydroxyl groups is 1. The van der Waals surface area contributed by atoms with Crippen LogP contribution < -0.4 is 0 Å². The van der Waals surface area contributed by atoms with Crippen LogP contribution in [0.5, 0.6) is 5.75 Å². The Morgan fingerprint density at radius 3 is 2.12 bits per heavy atom. The summed E-state index contributed by atoms with van der Waals surface area (Å²) < 4.78 is 0. The Morgan fingerprint density at radius 2 is 1.56 bits per heavy atom. The Morgan fingerprint density at radius 1 is 1.00 bits per heavy atom. The lowest BCUT2D eigenvalue weighted by molar-refractivity contribution is 0.468. The van der Waals surface area contributed by atoms with Gasteiger partial charge in [0, 0.05) is 0 Å². The maximum atomic E-state index is 9.96. The van der Waals surface area contributed by atoms with E-state index in [2.05, 4.69) is 32.9 Å². The molecule has 0 aromatic heterocycles. The van der Waals surface area contributed by atoms with E-state index in [1.165, 1.54) is 10.9 Å². The van der Waals surface area contributed by atoms with E-state index in [0.29, 0.717) is 5.75 Å². The van der Waals surface area contributed by atoms with Crippen LogP contribution in [0, 0.1) is 6.92 Å². The minimum Gasteiger partial charge on any atom is -0.508 e. The summed E-state index contributed by atoms with van der Waals surface area (Å²) in [5.74, 6) is 0.392. The van der Waals surface area contributed by atoms with Gasteiger partial charge in [0.2, 0.25) is 0 Å². The van der Waals surface area contributed by atoms with Gasteiger partial charge in [-0.25, -0.2) is 0 Å². The van der Waals surface area contributed by atoms with Crippen LogP contribution in [0.3, 0.4) is 0 Å². The summed E-state index contributed by atoms with van der Waals surface area (Å²) in [5.41, 5.74) is 2.21. The summed E-state index contributed by atoms with van der Waals surface area (Å²) in [6.07, 6.45) is 0. The van der Waals surface area contributed by atoms with Crippen LogP contribution in [0.15, 0.2) is 30.3 Å². The third kappa shape index (κ3) is 1.67. The predicted molar refractivity (Wildman–Crippen MR) is 69.0 cm³/mol. The van der Waals surface area contributed by atoms with E-state index in [-0.39, 0.29) is 5.41 Å². The third-order valence-corrected chi connectivity index (χ3v) is 3.09. The lowest BCUT2D eigenvalue weighted by Gasteiger charge is -2.22. The number of fused-ring (bicyclic) bond motifs is 1. The second-order valence-corrected chi connectivity index (χ2v) is 5.36. The minimum absolute atomic E-state index is 0.0464. The van der Waals surface area contributed by atoms with Crippen LogP contribution in [0.4, 0.5) is 0 Å². The Hall–Kier alpha value is -1.50. The van der Waals surface area contributed by atoms with Crippen LogP contribution in [0.2, 0.25) is 0 Å². The van der Waals surface area contributed by atoms with E-state index >= 15 is 0 Å². The Kier molecular flexibility index (Phi) is 2.42. The molecule has 0 fully saturated rings. The Labute approximate surface area is 96.7 Å². The normalized spacial score (nSPS) is 12.0. The van der Waals surface area contributed by atoms with E-state index in [0.717, 1.165) is 10.9 Å². The standard InChI is InChI=1S/C15H18O/c1-10-11-7-5-6-8-12(11)13(9-14(10)16)15(2,3)4/h5-9,16H,1-4H3. The molecule has 0 amide bonds. The average molecular weight is 214 g/mol. The SMILES string of the molecule is Cc1c(O)cc(C(C)(C)C)c2ccccc12. The van der Waals surface area contributed by atoms with Crippen molar-refractivity contribution in [2.75, 3.05) is 0 Å². The molecule has 16 heavy (non-hydrogen) atoms. The van der Waals surface area contributed by atoms with Gasteiger partial charge in [-0.2, -0.15) is 0 Å². The van der Waals surface area contributed by atoms with Crippen molar-refractivity contribution in [1.82, 2.24) is 0 Å². The van der Waals surface area contributed by atoms with Crippen molar-refractivity contribution in [1.29, 1.82) is 0 Å². The predicted octanol–water partition coefficient (Wildman–Crippen LogP) is 4.15. The number of phenols is 1. The van der Waals surface area contributed by atoms with Crippen molar-refractivity contribution in [3.05, 3.63) is 41.5 Å². The number of hydrogen-bond acceptors (Lipinski definition) is 1. The minimum atomic E-state index is 0.0464. The molecule has 0 saturated carbocycles. The van der Waals surface area contributed by atoms with Crippen LogP contribution >= 0.6 is 0 Å². The van der Waals surface area contributed by atoms with Gasteiger partial charge >= 0.3 is 0 Å². The molecule has 0 bridgehead atoms. The quantitative estimate of drug-likeness (QED) is 0.698. The summed E-state index contributed by atoms with van der Waals surface area (Å²) in [7, 11) is 0. The lowest BCUT2D eigenvalue weighted by atomic mass is 9.82. The first-order chi connectivity index (χ1) is 7.41. The molecule has 2 aromatic carbocycles. The molecule has 1 nitrogen and oxygen atoms in total. The first-order valence-corrected chi connectivity index (χ1v) is 5.63. The highest BCUT2D eigenvalue weighted by molar-refractivity contribution is 5.91. The maximum Gasteiger partial charge on any atom is 0.119 e. The fourth-order valence-electron chi connectivity index (χ4n) is 2.13. The highest BCUT2D eigenvalue weighted by atomic mass is 16.3. The fourth-order valence-corrected chi connectivity index (χ4v) is 2.13. The second-order valence-electron chi connectivity index (χ2n) is 5.36. The molecule has 2 rings (SSSR count). The van der Waals surface area contributed by atoms with Gasteiger partial charge in [0.1, 0.15) is 5.75 Å². The fraction of sp³-hybridized carbons (Fsp3) is 0.333. The highest BCUT2D eigenvalue weighted by Crippen LogP contribution is 2.36. The first-order valence-electron chi connectivity index (χ1n) is 5.63. The zero-order valence-electron chi connectivity index (χ0n) is 10.3. The zero-order chi connectivity index (χ0) is 11.9. The molecule has 84 valence electrons. The molecular formula is C15H18O. The van der Waals surface area contributed by atoms with Gasteiger partial charge in [-0.3, -0.25) is 0 Å². The summed E-state index contributed by atoms with van der Waals surface area (Å²) in [5, 5.41) is 12.3. The Balaban J connectivity index is 2.91. The number of phenolic OH excluding ortho intramolecular Hbond substituents is 1. The van der Waals surface area contributed by atoms with E-state index < -0.39 is 0 Å². The second kappa shape index (κ2) is 3.51. The average Bonchev–Trinajstić information content (AvgIpc) is 2.22. The Bertz CT molecular complexity index is 533. The highest BCUT2D eigenvalue weighted by Gasteiger charge is 2.19. The molecule has 2 aromatic rings. The van der Waals surface area contributed by atoms with Gasteiger partial charge in [-0.1, -0.05) is 45.0 Å². The lowest BCUT2D eigenvalue weighted by Crippen LogP contribution is -2.11. The molecule has 0 unspecified atom stereocenters. The van der Waals surface area contributed by atoms with Crippen LogP contribution in [0.25, 0.3) is 10.8 Å². The molecule has 0 aliphatic rings. The molecule has 0 radical (unpaired) electrons. The smallest absolute Gasteiger partial charge is 0.119 e. The topological polar surface area (TPSA) is 20.2 Å². The van der Waals surface area contributed by atoms with Crippen molar-refractivity contribution >= 4 is 10.8 Å². The zero-order valence-corrected chi connectivity index (χ0v) is 10.3. The molecular weight excluding hydrogens is 196 g/mol. The molecule has 1 N–H and O–H groups in total. The molecule has 0 saturated heterocycles. The number of rotatable bonds is 0. The molecule has 0 aliphatic heterocycles. The molecule has 1 heteroatoms. The molecule has 0 heterocycles. The van der Waals surface area contributed by atoms with Crippen molar-refractivity contribution < 1.29 is 5.11 Å². The third-order valence-electron chi connectivity index (χ3n) is 3.09. The molecule has 0 spiro atoms. The maximum absolute atomic E-state index is 9.96. The summed E-state index contributed by atoms with van der Waals surface area (Å²) >= 11 is 0. The van der Waals surface area contributed by atoms with Crippen molar-refractivity contribution in [3.8, 4) is 5.75 Å². The van der Waals surface area contributed by atoms with Gasteiger partial charge in [-0.15, -0.1) is 0 Å². The first kappa shape index (κ1) is 11.0. The van der Waals surface area contributed by atoms with E-state index in [9.17, 15) is 5.11 Å². The van der Waals surface area contributed by atoms with Gasteiger partial charge in [0.25, 0.3) is 0 Å². The van der Waals surface area contributed by atoms with Gasteiger partial charge in [-0.05, 0) is 40.3 Å². The van der Waals surface area contributed by atoms with E-state index in [1.807, 2.05) is 25.1 Å². The van der Waals surface area contributed by atoms with Gasteiger partial charge in [0.15, 0.2) is 0 Å².